The maximum Gasteiger partial charge on any atom is 0.303 e. The summed E-state index contributed by atoms with van der Waals surface area (Å²) in [5.41, 5.74) is 5.78. The minimum atomic E-state index is -0.851. The van der Waals surface area contributed by atoms with Gasteiger partial charge >= 0.3 is 5.97 Å². The molecule has 228 valence electrons. The van der Waals surface area contributed by atoms with E-state index in [2.05, 4.69) is 16.3 Å². The fourth-order valence-corrected chi connectivity index (χ4v) is 5.47. The number of nitrogens with zero attached hydrogens (tertiary/aromatic N) is 1. The number of aliphatic hydroxyl groups is 1. The Bertz CT molecular complexity index is 1370. The minimum absolute atomic E-state index is 0.00492. The number of amides is 1. The van der Waals surface area contributed by atoms with Crippen molar-refractivity contribution in [1.82, 2.24) is 10.2 Å². The van der Waals surface area contributed by atoms with Crippen LogP contribution in [0.4, 0.5) is 0 Å². The summed E-state index contributed by atoms with van der Waals surface area (Å²) in [6.45, 7) is 7.18. The highest BCUT2D eigenvalue weighted by Crippen LogP contribution is 2.39. The van der Waals surface area contributed by atoms with Crippen molar-refractivity contribution in [2.75, 3.05) is 32.8 Å². The van der Waals surface area contributed by atoms with Crippen LogP contribution < -0.4 is 5.32 Å². The van der Waals surface area contributed by atoms with Gasteiger partial charge in [0, 0.05) is 45.1 Å². The van der Waals surface area contributed by atoms with Crippen molar-refractivity contribution in [2.45, 2.75) is 58.0 Å². The first-order valence-corrected chi connectivity index (χ1v) is 14.8. The number of aliphatic hydroxyl groups excluding tert-OH is 1. The zero-order valence-corrected chi connectivity index (χ0v) is 24.7. The summed E-state index contributed by atoms with van der Waals surface area (Å²) < 4.78 is 23.7. The number of ether oxygens (including phenoxy) is 4. The van der Waals surface area contributed by atoms with Gasteiger partial charge in [-0.05, 0) is 46.9 Å². The van der Waals surface area contributed by atoms with Crippen LogP contribution >= 0.6 is 0 Å². The van der Waals surface area contributed by atoms with Gasteiger partial charge in [0.25, 0.3) is 5.91 Å². The fourth-order valence-electron chi connectivity index (χ4n) is 5.47. The maximum absolute atomic E-state index is 12.3. The quantitative estimate of drug-likeness (QED) is 0.338. The second-order valence-electron chi connectivity index (χ2n) is 11.1. The van der Waals surface area contributed by atoms with Crippen molar-refractivity contribution >= 4 is 11.9 Å². The molecule has 9 heteroatoms. The van der Waals surface area contributed by atoms with Crippen LogP contribution in [0.5, 0.6) is 0 Å². The number of rotatable bonds is 10. The predicted octanol–water partition coefficient (Wildman–Crippen LogP) is 4.29. The Morgan fingerprint density at radius 3 is 2.40 bits per heavy atom. The van der Waals surface area contributed by atoms with Crippen molar-refractivity contribution in [3.63, 3.8) is 0 Å². The zero-order chi connectivity index (χ0) is 30.2. The first-order chi connectivity index (χ1) is 20.9. The lowest BCUT2D eigenvalue weighted by Crippen LogP contribution is -2.44. The average Bonchev–Trinajstić information content (AvgIpc) is 3.04. The molecule has 2 heterocycles. The van der Waals surface area contributed by atoms with Gasteiger partial charge < -0.3 is 29.4 Å². The SMILES string of the molecule is CC(=O)O[C@@H](C)C(=O)NCc1cccc(-c2cccc([C@H]3O[C@@H](CN4CCOCC4)C[C@@H](c4ccc(CO)cc4)O3)c2)c1. The molecule has 3 aromatic rings. The van der Waals surface area contributed by atoms with Crippen LogP contribution in [0.25, 0.3) is 11.1 Å². The zero-order valence-electron chi connectivity index (χ0n) is 24.7. The van der Waals surface area contributed by atoms with Crippen LogP contribution in [-0.4, -0.2) is 66.9 Å². The Balaban J connectivity index is 1.32. The number of morpholine rings is 1. The number of hydrogen-bond donors (Lipinski definition) is 2. The van der Waals surface area contributed by atoms with Crippen LogP contribution in [0.15, 0.2) is 72.8 Å². The lowest BCUT2D eigenvalue weighted by atomic mass is 9.98. The van der Waals surface area contributed by atoms with Gasteiger partial charge in [0.1, 0.15) is 0 Å². The summed E-state index contributed by atoms with van der Waals surface area (Å²) >= 11 is 0. The Morgan fingerprint density at radius 1 is 0.953 bits per heavy atom. The van der Waals surface area contributed by atoms with E-state index in [0.717, 1.165) is 72.6 Å². The molecule has 2 N–H and O–H groups in total. The molecule has 9 nitrogen and oxygen atoms in total. The molecule has 5 rings (SSSR count). The van der Waals surface area contributed by atoms with Gasteiger partial charge in [0.2, 0.25) is 0 Å². The molecule has 1 amide bonds. The first kappa shape index (κ1) is 30.8. The topological polar surface area (TPSA) is 107 Å². The summed E-state index contributed by atoms with van der Waals surface area (Å²) in [6.07, 6.45) is -0.841. The molecule has 43 heavy (non-hydrogen) atoms. The largest absolute Gasteiger partial charge is 0.453 e. The van der Waals surface area contributed by atoms with Crippen LogP contribution in [-0.2, 0) is 41.7 Å². The van der Waals surface area contributed by atoms with Gasteiger partial charge in [-0.15, -0.1) is 0 Å². The van der Waals surface area contributed by atoms with Crippen molar-refractivity contribution in [2.24, 2.45) is 0 Å². The average molecular weight is 589 g/mol. The molecular weight excluding hydrogens is 548 g/mol. The van der Waals surface area contributed by atoms with E-state index in [1.54, 1.807) is 6.92 Å². The summed E-state index contributed by atoms with van der Waals surface area (Å²) in [7, 11) is 0. The lowest BCUT2D eigenvalue weighted by Gasteiger charge is -2.39. The summed E-state index contributed by atoms with van der Waals surface area (Å²) in [5.74, 6) is -0.838. The lowest BCUT2D eigenvalue weighted by molar-refractivity contribution is -0.253. The molecule has 0 aromatic heterocycles. The number of carbonyl (C=O) groups is 2. The van der Waals surface area contributed by atoms with E-state index in [-0.39, 0.29) is 24.7 Å². The molecule has 0 spiro atoms. The third-order valence-electron chi connectivity index (χ3n) is 7.78. The monoisotopic (exact) mass is 588 g/mol. The van der Waals surface area contributed by atoms with Crippen molar-refractivity contribution in [1.29, 1.82) is 0 Å². The van der Waals surface area contributed by atoms with Gasteiger partial charge in [-0.2, -0.15) is 0 Å². The third-order valence-corrected chi connectivity index (χ3v) is 7.78. The van der Waals surface area contributed by atoms with Crippen LogP contribution in [0.2, 0.25) is 0 Å². The van der Waals surface area contributed by atoms with E-state index >= 15 is 0 Å². The molecule has 2 saturated heterocycles. The molecule has 3 aromatic carbocycles. The molecule has 0 saturated carbocycles. The summed E-state index contributed by atoms with van der Waals surface area (Å²) in [5, 5.41) is 12.3. The van der Waals surface area contributed by atoms with E-state index in [1.165, 1.54) is 6.92 Å². The van der Waals surface area contributed by atoms with E-state index < -0.39 is 18.4 Å². The Kier molecular flexibility index (Phi) is 10.6. The Hall–Kier alpha value is -3.60. The fraction of sp³-hybridized carbons (Fsp3) is 0.412. The van der Waals surface area contributed by atoms with E-state index in [4.69, 9.17) is 18.9 Å². The van der Waals surface area contributed by atoms with E-state index in [1.807, 2.05) is 66.7 Å². The number of benzene rings is 3. The number of carbonyl (C=O) groups excluding carboxylic acids is 2. The van der Waals surface area contributed by atoms with Gasteiger partial charge in [-0.1, -0.05) is 60.7 Å². The van der Waals surface area contributed by atoms with Crippen molar-refractivity contribution < 1.29 is 33.6 Å². The Labute approximate surface area is 252 Å². The number of hydrogen-bond acceptors (Lipinski definition) is 8. The second-order valence-corrected chi connectivity index (χ2v) is 11.1. The van der Waals surface area contributed by atoms with Crippen molar-refractivity contribution in [3.8, 4) is 11.1 Å². The van der Waals surface area contributed by atoms with Gasteiger partial charge in [-0.25, -0.2) is 0 Å². The van der Waals surface area contributed by atoms with Gasteiger partial charge in [0.15, 0.2) is 12.4 Å². The number of esters is 1. The van der Waals surface area contributed by atoms with Crippen LogP contribution in [0.1, 0.15) is 54.9 Å². The number of nitrogens with one attached hydrogen (secondary N) is 1. The second kappa shape index (κ2) is 14.7. The van der Waals surface area contributed by atoms with Crippen molar-refractivity contribution in [3.05, 3.63) is 95.1 Å². The first-order valence-electron chi connectivity index (χ1n) is 14.8. The highest BCUT2D eigenvalue weighted by Gasteiger charge is 2.33. The van der Waals surface area contributed by atoms with Gasteiger partial charge in [-0.3, -0.25) is 14.5 Å². The Morgan fingerprint density at radius 2 is 1.67 bits per heavy atom. The molecular formula is C34H40N2O7. The summed E-state index contributed by atoms with van der Waals surface area (Å²) in [6, 6.07) is 24.1. The van der Waals surface area contributed by atoms with Crippen LogP contribution in [0, 0.1) is 0 Å². The predicted molar refractivity (Wildman–Crippen MR) is 161 cm³/mol. The van der Waals surface area contributed by atoms with E-state index in [9.17, 15) is 14.7 Å². The normalized spacial score (nSPS) is 21.6. The summed E-state index contributed by atoms with van der Waals surface area (Å²) in [4.78, 5) is 25.9. The minimum Gasteiger partial charge on any atom is -0.453 e. The molecule has 0 radical (unpaired) electrons. The molecule has 4 atom stereocenters. The molecule has 0 aliphatic carbocycles. The standard InChI is InChI=1S/C34H40N2O7/c1-23(41-24(2)38)33(39)35-20-26-5-3-6-28(17-26)29-7-4-8-30(18-29)34-42-31(21-36-13-15-40-16-14-36)19-32(43-34)27-11-9-25(22-37)10-12-27/h3-12,17-18,23,31-32,34,37H,13-16,19-22H2,1-2H3,(H,35,39)/t23-,31+,32-,34-/m0/s1. The van der Waals surface area contributed by atoms with Gasteiger partial charge in [0.05, 0.1) is 32.0 Å². The van der Waals surface area contributed by atoms with Crippen LogP contribution in [0.3, 0.4) is 0 Å². The molecule has 2 aliphatic rings. The maximum atomic E-state index is 12.3. The highest BCUT2D eigenvalue weighted by atomic mass is 16.7. The highest BCUT2D eigenvalue weighted by molar-refractivity contribution is 5.82. The smallest absolute Gasteiger partial charge is 0.303 e. The molecule has 2 fully saturated rings. The molecule has 0 bridgehead atoms. The molecule has 0 unspecified atom stereocenters. The third kappa shape index (κ3) is 8.49. The molecule has 2 aliphatic heterocycles. The van der Waals surface area contributed by atoms with E-state index in [0.29, 0.717) is 6.54 Å².